The number of benzene rings is 1. The van der Waals surface area contributed by atoms with Crippen molar-refractivity contribution in [1.82, 2.24) is 0 Å². The van der Waals surface area contributed by atoms with Crippen molar-refractivity contribution >= 4 is 23.9 Å². The quantitative estimate of drug-likeness (QED) is 0.447. The Morgan fingerprint density at radius 2 is 2.25 bits per heavy atom. The summed E-state index contributed by atoms with van der Waals surface area (Å²) in [5.74, 6) is -0.252. The van der Waals surface area contributed by atoms with Crippen molar-refractivity contribution in [3.8, 4) is 0 Å². The maximum Gasteiger partial charge on any atom is 0.214 e. The van der Waals surface area contributed by atoms with Gasteiger partial charge in [0.05, 0.1) is 5.69 Å². The van der Waals surface area contributed by atoms with Crippen molar-refractivity contribution in [2.24, 2.45) is 0 Å². The first-order chi connectivity index (χ1) is 7.63. The minimum atomic E-state index is -0.252. The molecule has 86 valence electrons. The lowest BCUT2D eigenvalue weighted by molar-refractivity contribution is -0.107. The normalized spacial score (nSPS) is 9.94. The largest absolute Gasteiger partial charge is 0.310 e. The van der Waals surface area contributed by atoms with E-state index in [-0.39, 0.29) is 5.82 Å². The van der Waals surface area contributed by atoms with E-state index in [1.165, 1.54) is 22.7 Å². The highest BCUT2D eigenvalue weighted by Crippen LogP contribution is 2.30. The Kier molecular flexibility index (Phi) is 4.55. The van der Waals surface area contributed by atoms with Gasteiger partial charge in [0.25, 0.3) is 0 Å². The summed E-state index contributed by atoms with van der Waals surface area (Å²) in [7, 11) is 0. The summed E-state index contributed by atoms with van der Waals surface area (Å²) in [5, 5.41) is 0. The third kappa shape index (κ3) is 2.64. The smallest absolute Gasteiger partial charge is 0.214 e. The van der Waals surface area contributed by atoms with Crippen LogP contribution in [-0.2, 0) is 4.79 Å². The molecule has 0 heterocycles. The molecular formula is C12H14FNOS. The van der Waals surface area contributed by atoms with Crippen LogP contribution in [0.15, 0.2) is 29.7 Å². The minimum Gasteiger partial charge on any atom is -0.310 e. The fraction of sp³-hybridized carbons (Fsp3) is 0.250. The Hall–Kier alpha value is -1.29. The van der Waals surface area contributed by atoms with Crippen LogP contribution >= 0.6 is 11.8 Å². The van der Waals surface area contributed by atoms with Crippen LogP contribution in [0.1, 0.15) is 5.56 Å². The van der Waals surface area contributed by atoms with Gasteiger partial charge in [-0.1, -0.05) is 6.08 Å². The number of hydrogen-bond donors (Lipinski definition) is 0. The van der Waals surface area contributed by atoms with Gasteiger partial charge in [-0.15, -0.1) is 18.3 Å². The van der Waals surface area contributed by atoms with Gasteiger partial charge in [-0.2, -0.15) is 0 Å². The highest BCUT2D eigenvalue weighted by atomic mass is 32.2. The lowest BCUT2D eigenvalue weighted by atomic mass is 10.2. The van der Waals surface area contributed by atoms with Crippen LogP contribution in [0.5, 0.6) is 0 Å². The second-order valence-electron chi connectivity index (χ2n) is 3.32. The summed E-state index contributed by atoms with van der Waals surface area (Å²) >= 11 is 1.41. The van der Waals surface area contributed by atoms with Crippen molar-refractivity contribution < 1.29 is 9.18 Å². The Balaban J connectivity index is 3.23. The third-order valence-corrected chi connectivity index (χ3v) is 2.99. The standard InChI is InChI=1S/C12H14FNOS/c1-4-5-14(8-15)11-6-9(2)10(13)7-12(11)16-3/h4,6-8H,1,5H2,2-3H3. The second-order valence-corrected chi connectivity index (χ2v) is 4.17. The van der Waals surface area contributed by atoms with Crippen molar-refractivity contribution in [1.29, 1.82) is 0 Å². The molecule has 0 N–H and O–H groups in total. The summed E-state index contributed by atoms with van der Waals surface area (Å²) < 4.78 is 13.4. The molecule has 4 heteroatoms. The van der Waals surface area contributed by atoms with Gasteiger partial charge in [0.1, 0.15) is 5.82 Å². The van der Waals surface area contributed by atoms with Crippen LogP contribution in [0.3, 0.4) is 0 Å². The van der Waals surface area contributed by atoms with Crippen LogP contribution in [0.2, 0.25) is 0 Å². The van der Waals surface area contributed by atoms with Crippen LogP contribution in [0, 0.1) is 12.7 Å². The van der Waals surface area contributed by atoms with Crippen molar-refractivity contribution in [3.63, 3.8) is 0 Å². The van der Waals surface area contributed by atoms with E-state index in [1.54, 1.807) is 19.1 Å². The Morgan fingerprint density at radius 3 is 2.75 bits per heavy atom. The van der Waals surface area contributed by atoms with Crippen LogP contribution in [0.4, 0.5) is 10.1 Å². The number of thioether (sulfide) groups is 1. The molecule has 0 saturated heterocycles. The molecule has 16 heavy (non-hydrogen) atoms. The first-order valence-electron chi connectivity index (χ1n) is 4.81. The summed E-state index contributed by atoms with van der Waals surface area (Å²) in [6.45, 7) is 5.69. The van der Waals surface area contributed by atoms with E-state index in [1.807, 2.05) is 6.26 Å². The third-order valence-electron chi connectivity index (χ3n) is 2.22. The summed E-state index contributed by atoms with van der Waals surface area (Å²) in [5.41, 5.74) is 1.25. The van der Waals surface area contributed by atoms with Gasteiger partial charge < -0.3 is 4.90 Å². The zero-order valence-electron chi connectivity index (χ0n) is 9.37. The van der Waals surface area contributed by atoms with Crippen molar-refractivity contribution in [3.05, 3.63) is 36.2 Å². The minimum absolute atomic E-state index is 0.252. The number of rotatable bonds is 5. The molecule has 1 rings (SSSR count). The Labute approximate surface area is 99.1 Å². The second kappa shape index (κ2) is 5.70. The fourth-order valence-electron chi connectivity index (χ4n) is 1.37. The monoisotopic (exact) mass is 239 g/mol. The molecule has 0 aromatic heterocycles. The summed E-state index contributed by atoms with van der Waals surface area (Å²) in [4.78, 5) is 13.2. The van der Waals surface area contributed by atoms with Crippen molar-refractivity contribution in [2.45, 2.75) is 11.8 Å². The molecule has 0 unspecified atom stereocenters. The van der Waals surface area contributed by atoms with Gasteiger partial charge in [0, 0.05) is 11.4 Å². The predicted octanol–water partition coefficient (Wildman–Crippen LogP) is 3.00. The van der Waals surface area contributed by atoms with Gasteiger partial charge >= 0.3 is 0 Å². The SMILES string of the molecule is C=CCN(C=O)c1cc(C)c(F)cc1SC. The molecule has 0 fully saturated rings. The van der Waals surface area contributed by atoms with E-state index >= 15 is 0 Å². The number of carbonyl (C=O) groups is 1. The predicted molar refractivity (Wildman–Crippen MR) is 66.5 cm³/mol. The van der Waals surface area contributed by atoms with Gasteiger partial charge in [0.15, 0.2) is 0 Å². The molecule has 1 amide bonds. The van der Waals surface area contributed by atoms with E-state index in [0.29, 0.717) is 12.1 Å². The highest BCUT2D eigenvalue weighted by Gasteiger charge is 2.12. The number of hydrogen-bond acceptors (Lipinski definition) is 2. The fourth-order valence-corrected chi connectivity index (χ4v) is 1.98. The van der Waals surface area contributed by atoms with Gasteiger partial charge in [0.2, 0.25) is 6.41 Å². The number of halogens is 1. The number of anilines is 1. The molecule has 1 aromatic carbocycles. The number of aryl methyl sites for hydroxylation is 1. The van der Waals surface area contributed by atoms with Crippen molar-refractivity contribution in [2.75, 3.05) is 17.7 Å². The Bertz CT molecular complexity index is 406. The molecule has 0 atom stereocenters. The number of amides is 1. The molecule has 0 spiro atoms. The molecule has 0 aliphatic rings. The first kappa shape index (κ1) is 12.8. The molecule has 0 bridgehead atoms. The molecule has 0 aliphatic heterocycles. The maximum atomic E-state index is 13.4. The lowest BCUT2D eigenvalue weighted by Gasteiger charge is -2.19. The van der Waals surface area contributed by atoms with E-state index in [2.05, 4.69) is 6.58 Å². The average Bonchev–Trinajstić information content (AvgIpc) is 2.29. The zero-order valence-corrected chi connectivity index (χ0v) is 10.2. The van der Waals surface area contributed by atoms with Crippen LogP contribution in [-0.4, -0.2) is 19.2 Å². The highest BCUT2D eigenvalue weighted by molar-refractivity contribution is 7.98. The maximum absolute atomic E-state index is 13.4. The Morgan fingerprint density at radius 1 is 1.56 bits per heavy atom. The lowest BCUT2D eigenvalue weighted by Crippen LogP contribution is -2.21. The van der Waals surface area contributed by atoms with E-state index in [9.17, 15) is 9.18 Å². The number of nitrogens with zero attached hydrogens (tertiary/aromatic N) is 1. The van der Waals surface area contributed by atoms with E-state index < -0.39 is 0 Å². The van der Waals surface area contributed by atoms with E-state index in [4.69, 9.17) is 0 Å². The molecular weight excluding hydrogens is 225 g/mol. The topological polar surface area (TPSA) is 20.3 Å². The van der Waals surface area contributed by atoms with E-state index in [0.717, 1.165) is 17.0 Å². The molecule has 2 nitrogen and oxygen atoms in total. The van der Waals surface area contributed by atoms with Crippen LogP contribution < -0.4 is 4.90 Å². The summed E-state index contributed by atoms with van der Waals surface area (Å²) in [6, 6.07) is 3.13. The molecule has 0 saturated carbocycles. The first-order valence-corrected chi connectivity index (χ1v) is 6.03. The van der Waals surface area contributed by atoms with Crippen LogP contribution in [0.25, 0.3) is 0 Å². The van der Waals surface area contributed by atoms with Gasteiger partial charge in [-0.25, -0.2) is 4.39 Å². The summed E-state index contributed by atoms with van der Waals surface area (Å²) in [6.07, 6.45) is 4.22. The molecule has 0 aliphatic carbocycles. The molecule has 0 radical (unpaired) electrons. The van der Waals surface area contributed by atoms with Gasteiger partial charge in [-0.3, -0.25) is 4.79 Å². The van der Waals surface area contributed by atoms with Gasteiger partial charge in [-0.05, 0) is 30.9 Å². The zero-order chi connectivity index (χ0) is 12.1. The molecule has 1 aromatic rings. The average molecular weight is 239 g/mol. The number of carbonyl (C=O) groups excluding carboxylic acids is 1.